The smallest absolute Gasteiger partial charge is 0.544 e. The van der Waals surface area contributed by atoms with Crippen molar-refractivity contribution in [2.24, 2.45) is 5.92 Å². The largest absolute Gasteiger partial charge is 1.00 e. The topological polar surface area (TPSA) is 46.2 Å². The van der Waals surface area contributed by atoms with E-state index in [2.05, 4.69) is 39.6 Å². The maximum atomic E-state index is 9.33. The van der Waals surface area contributed by atoms with Crippen LogP contribution in [0.1, 0.15) is 72.9 Å². The van der Waals surface area contributed by atoms with E-state index in [0.717, 1.165) is 18.4 Å². The van der Waals surface area contributed by atoms with Gasteiger partial charge in [-0.05, 0) is 57.3 Å². The van der Waals surface area contributed by atoms with Crippen LogP contribution >= 0.6 is 34.8 Å². The molecule has 0 aliphatic heterocycles. The fourth-order valence-corrected chi connectivity index (χ4v) is 2.29. The van der Waals surface area contributed by atoms with Gasteiger partial charge in [-0.25, -0.2) is 0 Å². The first-order chi connectivity index (χ1) is 16.1. The van der Waals surface area contributed by atoms with Gasteiger partial charge in [0.15, 0.2) is 0 Å². The molecule has 1 N–H and O–H groups in total. The number of Topliss-reactive ketones (excluding diaryl/α,β-unsaturated/α-hetero) is 1. The number of halogens is 3. The summed E-state index contributed by atoms with van der Waals surface area (Å²) in [6, 6.07) is 5.41. The van der Waals surface area contributed by atoms with E-state index in [-0.39, 0.29) is 121 Å². The van der Waals surface area contributed by atoms with Gasteiger partial charge >= 0.3 is 103 Å². The fourth-order valence-electron chi connectivity index (χ4n) is 1.60. The molecular formula is C29H43Cl3K2NO2-3. The van der Waals surface area contributed by atoms with Crippen LogP contribution in [0, 0.1) is 33.6 Å². The second-order valence-electron chi connectivity index (χ2n) is 7.49. The van der Waals surface area contributed by atoms with E-state index in [0.29, 0.717) is 20.8 Å². The summed E-state index contributed by atoms with van der Waals surface area (Å²) in [5, 5.41) is 5.04. The summed E-state index contributed by atoms with van der Waals surface area (Å²) in [5.41, 5.74) is 2.77. The summed E-state index contributed by atoms with van der Waals surface area (Å²) in [6.45, 7) is 30.4. The van der Waals surface area contributed by atoms with Gasteiger partial charge < -0.3 is 42.6 Å². The van der Waals surface area contributed by atoms with Crippen LogP contribution < -0.4 is 108 Å². The zero-order valence-corrected chi connectivity index (χ0v) is 33.0. The Morgan fingerprint density at radius 3 is 1.76 bits per heavy atom. The predicted octanol–water partition coefficient (Wildman–Crippen LogP) is 3.69. The van der Waals surface area contributed by atoms with Gasteiger partial charge in [-0.1, -0.05) is 72.9 Å². The van der Waals surface area contributed by atoms with E-state index >= 15 is 0 Å². The third-order valence-corrected chi connectivity index (χ3v) is 3.79. The first kappa shape index (κ1) is 51.3. The Morgan fingerprint density at radius 2 is 1.46 bits per heavy atom. The summed E-state index contributed by atoms with van der Waals surface area (Å²) in [5.74, 6) is -0.255. The van der Waals surface area contributed by atoms with Gasteiger partial charge in [0.05, 0.1) is 11.1 Å². The minimum atomic E-state index is -0.171. The van der Waals surface area contributed by atoms with Gasteiger partial charge in [0.2, 0.25) is 0 Å². The number of carbonyl (C=O) groups excluding carboxylic acids is 2. The summed E-state index contributed by atoms with van der Waals surface area (Å²) < 4.78 is 0. The van der Waals surface area contributed by atoms with Crippen LogP contribution in [-0.4, -0.2) is 12.1 Å². The van der Waals surface area contributed by atoms with E-state index in [1.807, 2.05) is 58.9 Å². The Balaban J connectivity index is -0.000000117. The number of nitrogens with one attached hydrogen (secondary N) is 1. The molecule has 1 rings (SSSR count). The minimum absolute atomic E-state index is 0. The van der Waals surface area contributed by atoms with E-state index in [4.69, 9.17) is 34.8 Å². The molecule has 0 aliphatic carbocycles. The van der Waals surface area contributed by atoms with Gasteiger partial charge in [-0.15, -0.1) is 6.92 Å². The first-order valence-corrected chi connectivity index (χ1v) is 12.3. The van der Waals surface area contributed by atoms with Crippen LogP contribution in [0.2, 0.25) is 10.0 Å². The Hall–Kier alpha value is 1.59. The molecule has 1 aromatic carbocycles. The predicted molar refractivity (Wildman–Crippen MR) is 158 cm³/mol. The van der Waals surface area contributed by atoms with Crippen molar-refractivity contribution < 1.29 is 112 Å². The summed E-state index contributed by atoms with van der Waals surface area (Å²) in [6.07, 6.45) is 7.43. The molecule has 37 heavy (non-hydrogen) atoms. The summed E-state index contributed by atoms with van der Waals surface area (Å²) in [7, 11) is 0. The van der Waals surface area contributed by atoms with Crippen LogP contribution in [-0.2, 0) is 9.59 Å². The van der Waals surface area contributed by atoms with E-state index in [1.165, 1.54) is 12.5 Å². The molecule has 0 aliphatic rings. The van der Waals surface area contributed by atoms with Crippen molar-refractivity contribution >= 4 is 46.9 Å². The van der Waals surface area contributed by atoms with E-state index in [1.54, 1.807) is 19.3 Å². The van der Waals surface area contributed by atoms with Crippen molar-refractivity contribution in [3.05, 3.63) is 96.5 Å². The third-order valence-electron chi connectivity index (χ3n) is 2.87. The second kappa shape index (κ2) is 35.6. The van der Waals surface area contributed by atoms with Gasteiger partial charge in [-0.3, -0.25) is 12.2 Å². The Morgan fingerprint density at radius 1 is 1.08 bits per heavy atom. The number of hydrogen-bond donors (Lipinski definition) is 1. The molecule has 0 fully saturated rings. The molecule has 0 spiro atoms. The summed E-state index contributed by atoms with van der Waals surface area (Å²) in [4.78, 5) is 18.7. The van der Waals surface area contributed by atoms with Crippen LogP contribution in [0.25, 0.3) is 0 Å². The molecule has 0 saturated heterocycles. The number of benzene rings is 1. The Labute approximate surface area is 328 Å². The SMILES string of the molecule is C=C(NC(C)c1ccc(Cl)cc1Cl)/C(Cl)=C\C=C(C)C.[CH2-]C(C)=O.[CH2-]C(C)[C-]=O.[CH2-]CC.[CH2-]CC.[K+].[K+]. The van der Waals surface area contributed by atoms with Crippen LogP contribution in [0.15, 0.2) is 53.2 Å². The van der Waals surface area contributed by atoms with Crippen molar-refractivity contribution in [2.45, 2.75) is 67.3 Å². The average Bonchev–Trinajstić information content (AvgIpc) is 2.72. The van der Waals surface area contributed by atoms with Crippen molar-refractivity contribution in [2.75, 3.05) is 0 Å². The van der Waals surface area contributed by atoms with Gasteiger partial charge in [-0.2, -0.15) is 12.8 Å². The molecule has 8 heteroatoms. The normalized spacial score (nSPS) is 10.5. The van der Waals surface area contributed by atoms with Crippen molar-refractivity contribution in [1.29, 1.82) is 0 Å². The second-order valence-corrected chi connectivity index (χ2v) is 8.74. The molecule has 0 bridgehead atoms. The van der Waals surface area contributed by atoms with Crippen molar-refractivity contribution in [1.82, 2.24) is 5.32 Å². The number of rotatable bonds is 6. The molecule has 2 unspecified atom stereocenters. The zero-order chi connectivity index (χ0) is 28.6. The fraction of sp³-hybridized carbons (Fsp3) is 0.379. The minimum Gasteiger partial charge on any atom is -0.544 e. The third kappa shape index (κ3) is 42.2. The Bertz CT molecular complexity index is 770. The number of allylic oxidation sites excluding steroid dienone is 4. The maximum absolute atomic E-state index is 9.33. The molecular weight excluding hydrogens is 579 g/mol. The standard InChI is InChI=1S/C16H18Cl3N.C4H6O.C3H5O.2C3H7.2K/c1-10(2)5-8-15(18)12(4)20-11(3)14-7-6-13(17)9-16(14)19;1-4(2)3-5;1-3(2)4;2*1-3-2;;/h5-9,11,20H,4H2,1-3H3;4H,1H2,2H3;1H2,2H3;2*1,3H2,2H3;;/q;-2;3*-1;2*+1/b15-8+;;;;;;. The molecule has 0 radical (unpaired) electrons. The van der Waals surface area contributed by atoms with Gasteiger partial charge in [0.1, 0.15) is 0 Å². The molecule has 0 saturated carbocycles. The maximum Gasteiger partial charge on any atom is 1.00 e. The van der Waals surface area contributed by atoms with E-state index < -0.39 is 0 Å². The Kier molecular flexibility index (Phi) is 49.4. The summed E-state index contributed by atoms with van der Waals surface area (Å²) >= 11 is 18.2. The molecule has 202 valence electrons. The van der Waals surface area contributed by atoms with Gasteiger partial charge in [0, 0.05) is 15.7 Å². The number of ketones is 1. The molecule has 2 atom stereocenters. The number of carbonyl (C=O) groups is 1. The van der Waals surface area contributed by atoms with Crippen LogP contribution in [0.4, 0.5) is 0 Å². The average molecular weight is 622 g/mol. The quantitative estimate of drug-likeness (QED) is 0.300. The molecule has 0 amide bonds. The van der Waals surface area contributed by atoms with Crippen LogP contribution in [0.5, 0.6) is 0 Å². The molecule has 1 aromatic rings. The van der Waals surface area contributed by atoms with E-state index in [9.17, 15) is 9.59 Å². The zero-order valence-electron chi connectivity index (χ0n) is 24.4. The molecule has 0 heterocycles. The number of hydrogen-bond acceptors (Lipinski definition) is 3. The van der Waals surface area contributed by atoms with Gasteiger partial charge in [0.25, 0.3) is 0 Å². The van der Waals surface area contributed by atoms with Crippen molar-refractivity contribution in [3.63, 3.8) is 0 Å². The monoisotopic (exact) mass is 620 g/mol. The molecule has 3 nitrogen and oxygen atoms in total. The first-order valence-electron chi connectivity index (χ1n) is 11.2. The molecule has 0 aromatic heterocycles. The van der Waals surface area contributed by atoms with Crippen LogP contribution in [0.3, 0.4) is 0 Å². The van der Waals surface area contributed by atoms with Crippen molar-refractivity contribution in [3.8, 4) is 0 Å².